The van der Waals surface area contributed by atoms with Crippen LogP contribution in [-0.2, 0) is 16.2 Å². The van der Waals surface area contributed by atoms with Gasteiger partial charge in [-0.2, -0.15) is 0 Å². The van der Waals surface area contributed by atoms with Crippen molar-refractivity contribution in [3.05, 3.63) is 59.5 Å². The van der Waals surface area contributed by atoms with Crippen LogP contribution in [0.2, 0.25) is 0 Å². The van der Waals surface area contributed by atoms with E-state index in [0.717, 1.165) is 38.0 Å². The van der Waals surface area contributed by atoms with Crippen molar-refractivity contribution in [2.45, 2.75) is 37.8 Å². The number of hydroxylamine groups is 1. The molecule has 3 aliphatic rings. The van der Waals surface area contributed by atoms with Gasteiger partial charge in [0, 0.05) is 50.2 Å². The van der Waals surface area contributed by atoms with Gasteiger partial charge < -0.3 is 15.4 Å². The lowest BCUT2D eigenvalue weighted by molar-refractivity contribution is -0.139. The summed E-state index contributed by atoms with van der Waals surface area (Å²) in [6.07, 6.45) is 6.78. The first-order chi connectivity index (χ1) is 16.9. The van der Waals surface area contributed by atoms with Crippen molar-refractivity contribution in [3.63, 3.8) is 0 Å². The second kappa shape index (κ2) is 9.83. The number of nitrogens with zero attached hydrogens (tertiary/aromatic N) is 3. The van der Waals surface area contributed by atoms with Crippen LogP contribution in [0.1, 0.15) is 36.8 Å². The van der Waals surface area contributed by atoms with E-state index in [0.29, 0.717) is 48.8 Å². The predicted molar refractivity (Wildman–Crippen MR) is 130 cm³/mol. The molecule has 1 spiro atoms. The smallest absolute Gasteiger partial charge is 0.225 e. The van der Waals surface area contributed by atoms with Crippen LogP contribution in [-0.4, -0.2) is 59.6 Å². The van der Waals surface area contributed by atoms with E-state index in [9.17, 15) is 9.18 Å². The number of fused-ring (bicyclic) bond motifs is 1. The number of rotatable bonds is 5. The average molecular weight is 482 g/mol. The largest absolute Gasteiger partial charge is 0.482 e. The standard InChI is InChI=1S/C26H32FN5O3/c1-34-30-22-16-26(35-23-3-2-20(27)15-21(22)23)7-12-32(13-8-26)25(33)19-5-10-31(11-6-19)17-18-4-9-29-24(28)14-18/h2-4,9,14-16,19,30H,5-8,10-13,17H2,1H3,(H2,28,29). The van der Waals surface area contributed by atoms with Crippen molar-refractivity contribution in [1.82, 2.24) is 20.3 Å². The van der Waals surface area contributed by atoms with E-state index < -0.39 is 5.60 Å². The van der Waals surface area contributed by atoms with E-state index >= 15 is 0 Å². The molecule has 0 aliphatic carbocycles. The van der Waals surface area contributed by atoms with Gasteiger partial charge in [-0.1, -0.05) is 0 Å². The Morgan fingerprint density at radius 2 is 2.00 bits per heavy atom. The number of carbonyl (C=O) groups excluding carboxylic acids is 1. The zero-order chi connectivity index (χ0) is 24.4. The molecule has 9 heteroatoms. The monoisotopic (exact) mass is 481 g/mol. The number of likely N-dealkylation sites (tertiary alicyclic amines) is 2. The zero-order valence-electron chi connectivity index (χ0n) is 20.0. The lowest BCUT2D eigenvalue weighted by Crippen LogP contribution is -2.52. The predicted octanol–water partition coefficient (Wildman–Crippen LogP) is 2.96. The highest BCUT2D eigenvalue weighted by Gasteiger charge is 2.41. The number of ether oxygens (including phenoxy) is 1. The summed E-state index contributed by atoms with van der Waals surface area (Å²) in [4.78, 5) is 26.8. The molecule has 2 fully saturated rings. The van der Waals surface area contributed by atoms with Crippen LogP contribution in [0.5, 0.6) is 5.75 Å². The first-order valence-corrected chi connectivity index (χ1v) is 12.2. The molecule has 1 aromatic heterocycles. The summed E-state index contributed by atoms with van der Waals surface area (Å²) in [7, 11) is 1.53. The maximum atomic E-state index is 13.8. The van der Waals surface area contributed by atoms with Gasteiger partial charge in [-0.25, -0.2) is 9.37 Å². The first kappa shape index (κ1) is 23.6. The second-order valence-corrected chi connectivity index (χ2v) is 9.64. The molecule has 4 heterocycles. The molecule has 35 heavy (non-hydrogen) atoms. The van der Waals surface area contributed by atoms with Gasteiger partial charge in [0.2, 0.25) is 5.91 Å². The number of nitrogens with one attached hydrogen (secondary N) is 1. The molecule has 0 atom stereocenters. The van der Waals surface area contributed by atoms with Crippen LogP contribution >= 0.6 is 0 Å². The van der Waals surface area contributed by atoms with Gasteiger partial charge in [0.1, 0.15) is 23.0 Å². The van der Waals surface area contributed by atoms with Crippen LogP contribution in [0.15, 0.2) is 42.6 Å². The molecule has 0 unspecified atom stereocenters. The number of pyridine rings is 1. The van der Waals surface area contributed by atoms with Gasteiger partial charge >= 0.3 is 0 Å². The summed E-state index contributed by atoms with van der Waals surface area (Å²) in [6, 6.07) is 8.39. The Morgan fingerprint density at radius 3 is 2.71 bits per heavy atom. The minimum atomic E-state index is -0.543. The van der Waals surface area contributed by atoms with Gasteiger partial charge in [0.05, 0.1) is 12.8 Å². The Bertz CT molecular complexity index is 1110. The molecule has 0 radical (unpaired) electrons. The van der Waals surface area contributed by atoms with Crippen molar-refractivity contribution >= 4 is 17.4 Å². The van der Waals surface area contributed by atoms with E-state index in [2.05, 4.69) is 15.4 Å². The molecule has 8 nitrogen and oxygen atoms in total. The van der Waals surface area contributed by atoms with E-state index in [1.807, 2.05) is 23.1 Å². The van der Waals surface area contributed by atoms with Crippen LogP contribution in [0, 0.1) is 11.7 Å². The number of amides is 1. The van der Waals surface area contributed by atoms with Crippen LogP contribution in [0.25, 0.3) is 5.70 Å². The van der Waals surface area contributed by atoms with Crippen molar-refractivity contribution in [1.29, 1.82) is 0 Å². The fourth-order valence-corrected chi connectivity index (χ4v) is 5.38. The van der Waals surface area contributed by atoms with Gasteiger partial charge in [0.25, 0.3) is 0 Å². The fourth-order valence-electron chi connectivity index (χ4n) is 5.38. The zero-order valence-corrected chi connectivity index (χ0v) is 20.0. The number of piperidine rings is 2. The molecular formula is C26H32FN5O3. The summed E-state index contributed by atoms with van der Waals surface area (Å²) < 4.78 is 20.2. The van der Waals surface area contributed by atoms with Gasteiger partial charge in [-0.05, 0) is 67.9 Å². The normalized spacial score (nSPS) is 20.2. The molecule has 1 aromatic carbocycles. The molecule has 0 bridgehead atoms. The number of halogens is 1. The fraction of sp³-hybridized carbons (Fsp3) is 0.462. The number of carbonyl (C=O) groups is 1. The quantitative estimate of drug-likeness (QED) is 0.635. The van der Waals surface area contributed by atoms with Crippen LogP contribution < -0.4 is 16.0 Å². The number of nitrogen functional groups attached to an aromatic ring is 1. The molecule has 186 valence electrons. The topological polar surface area (TPSA) is 93.0 Å². The lowest BCUT2D eigenvalue weighted by Gasteiger charge is -2.44. The number of anilines is 1. The Kier molecular flexibility index (Phi) is 6.62. The number of hydrogen-bond donors (Lipinski definition) is 2. The highest BCUT2D eigenvalue weighted by Crippen LogP contribution is 2.40. The summed E-state index contributed by atoms with van der Waals surface area (Å²) in [5.74, 6) is 1.12. The van der Waals surface area contributed by atoms with Crippen molar-refractivity contribution < 1.29 is 18.8 Å². The SMILES string of the molecule is CONC1=CC2(CCN(C(=O)C3CCN(Cc4ccnc(N)c4)CC3)CC2)Oc2ccc(F)cc21. The molecular weight excluding hydrogens is 449 g/mol. The second-order valence-electron chi connectivity index (χ2n) is 9.64. The van der Waals surface area contributed by atoms with E-state index in [1.165, 1.54) is 19.2 Å². The number of benzene rings is 1. The Morgan fingerprint density at radius 1 is 1.23 bits per heavy atom. The minimum Gasteiger partial charge on any atom is -0.482 e. The van der Waals surface area contributed by atoms with Gasteiger partial charge in [0.15, 0.2) is 0 Å². The third-order valence-corrected chi connectivity index (χ3v) is 7.27. The highest BCUT2D eigenvalue weighted by molar-refractivity contribution is 5.79. The van der Waals surface area contributed by atoms with Crippen LogP contribution in [0.4, 0.5) is 10.2 Å². The van der Waals surface area contributed by atoms with Crippen molar-refractivity contribution in [3.8, 4) is 5.75 Å². The minimum absolute atomic E-state index is 0.0556. The summed E-state index contributed by atoms with van der Waals surface area (Å²) >= 11 is 0. The van der Waals surface area contributed by atoms with Crippen molar-refractivity contribution in [2.24, 2.45) is 5.92 Å². The number of hydrogen-bond acceptors (Lipinski definition) is 7. The summed E-state index contributed by atoms with van der Waals surface area (Å²) in [5.41, 5.74) is 10.6. The maximum Gasteiger partial charge on any atom is 0.225 e. The summed E-state index contributed by atoms with van der Waals surface area (Å²) in [5, 5.41) is 0. The Balaban J connectivity index is 1.17. The van der Waals surface area contributed by atoms with Gasteiger partial charge in [-0.15, -0.1) is 0 Å². The summed E-state index contributed by atoms with van der Waals surface area (Å²) in [6.45, 7) is 3.86. The van der Waals surface area contributed by atoms with Gasteiger partial charge in [-0.3, -0.25) is 20.0 Å². The molecule has 2 aromatic rings. The number of aromatic nitrogens is 1. The molecule has 0 saturated carbocycles. The molecule has 3 N–H and O–H groups in total. The molecule has 1 amide bonds. The van der Waals surface area contributed by atoms with Crippen molar-refractivity contribution in [2.75, 3.05) is 39.0 Å². The molecule has 3 aliphatic heterocycles. The average Bonchev–Trinajstić information content (AvgIpc) is 2.85. The van der Waals surface area contributed by atoms with E-state index in [1.54, 1.807) is 12.3 Å². The molecule has 2 saturated heterocycles. The van der Waals surface area contributed by atoms with Crippen LogP contribution in [0.3, 0.4) is 0 Å². The molecule has 5 rings (SSSR count). The lowest BCUT2D eigenvalue weighted by atomic mass is 9.86. The van der Waals surface area contributed by atoms with E-state index in [4.69, 9.17) is 15.3 Å². The number of nitrogens with two attached hydrogens (primary N) is 1. The third-order valence-electron chi connectivity index (χ3n) is 7.27. The maximum absolute atomic E-state index is 13.8. The van der Waals surface area contributed by atoms with E-state index in [-0.39, 0.29) is 17.6 Å². The first-order valence-electron chi connectivity index (χ1n) is 12.2. The highest BCUT2D eigenvalue weighted by atomic mass is 19.1. The third kappa shape index (κ3) is 5.11. The Labute approximate surface area is 204 Å². The Hall–Kier alpha value is -3.17.